The Bertz CT molecular complexity index is 1730. The van der Waals surface area contributed by atoms with Crippen molar-refractivity contribution in [2.24, 2.45) is 98.1 Å². The number of Topliss-reactive ketones (excluding diaryl/α,β-unsaturated/α-hetero) is 2. The maximum absolute atomic E-state index is 14.4. The van der Waals surface area contributed by atoms with Crippen LogP contribution >= 0.6 is 0 Å². The minimum absolute atomic E-state index is 0.106. The van der Waals surface area contributed by atoms with Gasteiger partial charge in [0.1, 0.15) is 11.6 Å². The van der Waals surface area contributed by atoms with E-state index in [2.05, 4.69) is 41.5 Å². The first kappa shape index (κ1) is 46.8. The van der Waals surface area contributed by atoms with Gasteiger partial charge in [0, 0.05) is 62.2 Å². The van der Waals surface area contributed by atoms with E-state index in [0.717, 1.165) is 77.0 Å². The van der Waals surface area contributed by atoms with Crippen molar-refractivity contribution < 1.29 is 47.6 Å². The molecule has 0 aromatic rings. The van der Waals surface area contributed by atoms with Gasteiger partial charge in [-0.2, -0.15) is 0 Å². The molecule has 10 heteroatoms. The third kappa shape index (κ3) is 7.24. The molecule has 10 aliphatic rings. The smallest absolute Gasteiger partial charge is 0.305 e. The number of methoxy groups -OCH3 is 2. The first-order chi connectivity index (χ1) is 30.9. The van der Waals surface area contributed by atoms with Crippen molar-refractivity contribution in [1.82, 2.24) is 0 Å². The van der Waals surface area contributed by atoms with E-state index >= 15 is 0 Å². The lowest BCUT2D eigenvalue weighted by Gasteiger charge is -2.63. The van der Waals surface area contributed by atoms with E-state index < -0.39 is 11.6 Å². The minimum Gasteiger partial charge on any atom is -0.469 e. The summed E-state index contributed by atoms with van der Waals surface area (Å²) in [4.78, 5) is 52.9. The van der Waals surface area contributed by atoms with Crippen LogP contribution in [0.15, 0.2) is 0 Å². The van der Waals surface area contributed by atoms with Gasteiger partial charge in [-0.3, -0.25) is 19.2 Å². The molecule has 10 rings (SSSR count). The number of ether oxygens (including phenoxy) is 6. The fourth-order valence-corrected chi connectivity index (χ4v) is 19.0. The van der Waals surface area contributed by atoms with Gasteiger partial charge in [-0.15, -0.1) is 0 Å². The molecule has 0 amide bonds. The average Bonchev–Trinajstić information content (AvgIpc) is 3.86. The lowest BCUT2D eigenvalue weighted by Crippen LogP contribution is -2.64. The number of ketones is 2. The topological polar surface area (TPSA) is 124 Å². The second kappa shape index (κ2) is 16.6. The summed E-state index contributed by atoms with van der Waals surface area (Å²) < 4.78 is 37.6. The Morgan fingerprint density at radius 2 is 0.938 bits per heavy atom. The Hall–Kier alpha value is -1.88. The molecule has 0 bridgehead atoms. The number of fused-ring (bicyclic) bond motifs is 10. The molecule has 0 aromatic heterocycles. The second-order valence-corrected chi connectivity index (χ2v) is 25.6. The number of rotatable bonds is 8. The molecule has 10 fully saturated rings. The van der Waals surface area contributed by atoms with Crippen LogP contribution in [0.2, 0.25) is 0 Å². The van der Waals surface area contributed by atoms with E-state index in [-0.39, 0.29) is 39.0 Å². The zero-order chi connectivity index (χ0) is 46.0. The van der Waals surface area contributed by atoms with Gasteiger partial charge < -0.3 is 28.4 Å². The Kier molecular flexibility index (Phi) is 12.0. The van der Waals surface area contributed by atoms with Crippen LogP contribution in [0.4, 0.5) is 0 Å². The van der Waals surface area contributed by atoms with Gasteiger partial charge >= 0.3 is 11.9 Å². The molecule has 0 aromatic carbocycles. The van der Waals surface area contributed by atoms with Crippen molar-refractivity contribution in [1.29, 1.82) is 0 Å². The number of carbonyl (C=O) groups excluding carboxylic acids is 4. The molecule has 2 aliphatic heterocycles. The normalized spacial score (nSPS) is 51.0. The Labute approximate surface area is 390 Å². The predicted molar refractivity (Wildman–Crippen MR) is 244 cm³/mol. The van der Waals surface area contributed by atoms with Crippen LogP contribution in [0, 0.1) is 98.1 Å². The van der Waals surface area contributed by atoms with Crippen LogP contribution in [0.1, 0.15) is 170 Å². The molecule has 0 unspecified atom stereocenters. The summed E-state index contributed by atoms with van der Waals surface area (Å²) in [6, 6.07) is 0. The molecule has 0 N–H and O–H groups in total. The molecule has 2 heterocycles. The van der Waals surface area contributed by atoms with Gasteiger partial charge in [-0.25, -0.2) is 0 Å². The first-order valence-corrected chi connectivity index (χ1v) is 26.6. The summed E-state index contributed by atoms with van der Waals surface area (Å²) in [6.07, 6.45) is 18.6. The fraction of sp³-hybridized carbons (Fsp3) is 0.927. The highest BCUT2D eigenvalue weighted by atomic mass is 16.7. The highest BCUT2D eigenvalue weighted by Crippen LogP contribution is 2.70. The van der Waals surface area contributed by atoms with Gasteiger partial charge in [-0.05, 0) is 159 Å². The number of hydrogen-bond acceptors (Lipinski definition) is 10. The van der Waals surface area contributed by atoms with Crippen LogP contribution < -0.4 is 0 Å². The molecule has 3 spiro atoms. The molecule has 8 saturated carbocycles. The van der Waals surface area contributed by atoms with E-state index in [0.29, 0.717) is 135 Å². The van der Waals surface area contributed by atoms with Crippen LogP contribution in [0.5, 0.6) is 0 Å². The SMILES string of the molecule is COC(=O)CC[C@@H](C)[C@H]1CC[C@H]2[C@@H]3CC[C@@H]4CC5(CC[C@]4(C)[C@H]3CC(=O)[C@]12C)OCC1(CO5)COC2(CC[C@@]3(C)[C@H](CC[C@@H]4[C@@H]3CC(=O)[C@]3(C)[C@@H]([C@H](C)CCC(=O)OC)CC[C@@H]43)C2)OC1. The summed E-state index contributed by atoms with van der Waals surface area (Å²) in [5, 5.41) is 0. The number of hydrogen-bond donors (Lipinski definition) is 0. The number of carbonyl (C=O) groups is 4. The van der Waals surface area contributed by atoms with Gasteiger partial charge in [0.25, 0.3) is 0 Å². The Morgan fingerprint density at radius 1 is 0.554 bits per heavy atom. The molecule has 16 atom stereocenters. The van der Waals surface area contributed by atoms with Gasteiger partial charge in [-0.1, -0.05) is 41.5 Å². The molecule has 364 valence electrons. The third-order valence-electron chi connectivity index (χ3n) is 23.2. The lowest BCUT2D eigenvalue weighted by atomic mass is 9.43. The van der Waals surface area contributed by atoms with Crippen LogP contribution in [-0.2, 0) is 47.6 Å². The van der Waals surface area contributed by atoms with Crippen LogP contribution in [-0.4, -0.2) is 75.7 Å². The molecule has 8 aliphatic carbocycles. The maximum atomic E-state index is 14.4. The standard InChI is InChI=1S/C55H84O10/c1-33(9-19-47(58)60-7)39-15-17-41-37-13-11-35-27-54(23-21-49(35,3)43(37)25-45(56)51(39,41)5)62-29-53(30-63-54)31-64-55(65-32-53)24-22-50(4)36(28-55)12-14-38-42-18-16-40(34(2)10-20-48(59)61-8)52(42,6)46(57)26-44(38)50/h33-44H,9-32H2,1-8H3/t33-,34-,35-,36-,37+,38+,39-,40-,41+,42+,43+,44+,49+,50+,51-,52-,53?,54?,55?/m1/s1. The number of esters is 2. The van der Waals surface area contributed by atoms with Crippen LogP contribution in [0.25, 0.3) is 0 Å². The highest BCUT2D eigenvalue weighted by Gasteiger charge is 2.68. The average molecular weight is 905 g/mol. The van der Waals surface area contributed by atoms with Crippen molar-refractivity contribution in [2.75, 3.05) is 40.6 Å². The summed E-state index contributed by atoms with van der Waals surface area (Å²) in [5.41, 5.74) is -0.670. The van der Waals surface area contributed by atoms with Crippen molar-refractivity contribution in [3.63, 3.8) is 0 Å². The summed E-state index contributed by atoms with van der Waals surface area (Å²) in [6.45, 7) is 16.4. The molecular formula is C55H84O10. The lowest BCUT2D eigenvalue weighted by molar-refractivity contribution is -0.388. The predicted octanol–water partition coefficient (Wildman–Crippen LogP) is 10.3. The summed E-state index contributed by atoms with van der Waals surface area (Å²) in [5.74, 6) is 4.66. The van der Waals surface area contributed by atoms with Crippen LogP contribution in [0.3, 0.4) is 0 Å². The van der Waals surface area contributed by atoms with Gasteiger partial charge in [0.2, 0.25) is 0 Å². The molecule has 2 saturated heterocycles. The highest BCUT2D eigenvalue weighted by molar-refractivity contribution is 5.87. The van der Waals surface area contributed by atoms with E-state index in [9.17, 15) is 19.2 Å². The minimum atomic E-state index is -0.572. The van der Waals surface area contributed by atoms with Gasteiger partial charge in [0.05, 0.1) is 46.1 Å². The zero-order valence-corrected chi connectivity index (χ0v) is 41.5. The zero-order valence-electron chi connectivity index (χ0n) is 41.5. The summed E-state index contributed by atoms with van der Waals surface area (Å²) in [7, 11) is 2.92. The second-order valence-electron chi connectivity index (χ2n) is 25.6. The molecular weight excluding hydrogens is 821 g/mol. The largest absolute Gasteiger partial charge is 0.469 e. The van der Waals surface area contributed by atoms with E-state index in [1.54, 1.807) is 0 Å². The quantitative estimate of drug-likeness (QED) is 0.218. The van der Waals surface area contributed by atoms with E-state index in [4.69, 9.17) is 28.4 Å². The van der Waals surface area contributed by atoms with Crippen molar-refractivity contribution in [3.05, 3.63) is 0 Å². The van der Waals surface area contributed by atoms with E-state index in [1.807, 2.05) is 0 Å². The van der Waals surface area contributed by atoms with Gasteiger partial charge in [0.15, 0.2) is 11.6 Å². The summed E-state index contributed by atoms with van der Waals surface area (Å²) >= 11 is 0. The monoisotopic (exact) mass is 905 g/mol. The van der Waals surface area contributed by atoms with Crippen molar-refractivity contribution in [3.8, 4) is 0 Å². The fourth-order valence-electron chi connectivity index (χ4n) is 19.0. The maximum Gasteiger partial charge on any atom is 0.305 e. The molecule has 0 radical (unpaired) electrons. The van der Waals surface area contributed by atoms with E-state index in [1.165, 1.54) is 39.9 Å². The Morgan fingerprint density at radius 3 is 1.31 bits per heavy atom. The Balaban J connectivity index is 0.734. The molecule has 10 nitrogen and oxygen atoms in total. The first-order valence-electron chi connectivity index (χ1n) is 26.6. The van der Waals surface area contributed by atoms with Crippen molar-refractivity contribution >= 4 is 23.5 Å². The van der Waals surface area contributed by atoms with Crippen molar-refractivity contribution in [2.45, 2.75) is 182 Å². The molecule has 65 heavy (non-hydrogen) atoms. The third-order valence-corrected chi connectivity index (χ3v) is 23.2.